The highest BCUT2D eigenvalue weighted by Gasteiger charge is 2.25. The summed E-state index contributed by atoms with van der Waals surface area (Å²) in [6, 6.07) is 0. The van der Waals surface area contributed by atoms with Crippen LogP contribution in [0.15, 0.2) is 0 Å². The number of carbonyl (C=O) groups excluding carboxylic acids is 2. The topological polar surface area (TPSA) is 78.5 Å². The van der Waals surface area contributed by atoms with E-state index in [1.807, 2.05) is 21.0 Å². The molecule has 1 amide bonds. The van der Waals surface area contributed by atoms with Crippen LogP contribution in [0.4, 0.5) is 4.79 Å². The van der Waals surface area contributed by atoms with Gasteiger partial charge in [0.1, 0.15) is 13.1 Å². The first-order chi connectivity index (χ1) is 14.8. The average Bonchev–Trinajstić information content (AvgIpc) is 2.67. The van der Waals surface area contributed by atoms with E-state index in [4.69, 9.17) is 4.74 Å². The Morgan fingerprint density at radius 3 is 1.68 bits per heavy atom. The van der Waals surface area contributed by atoms with Gasteiger partial charge in [0.2, 0.25) is 0 Å². The van der Waals surface area contributed by atoms with Crippen molar-refractivity contribution in [2.45, 2.75) is 116 Å². The molecule has 184 valence electrons. The number of unbranched alkanes of at least 4 members (excludes halogenated alkanes) is 13. The predicted octanol–water partition coefficient (Wildman–Crippen LogP) is 4.80. The Bertz CT molecular complexity index is 455. The summed E-state index contributed by atoms with van der Waals surface area (Å²) in [4.78, 5) is 22.8. The zero-order valence-corrected chi connectivity index (χ0v) is 20.9. The summed E-state index contributed by atoms with van der Waals surface area (Å²) in [6.07, 6.45) is 18.4. The number of aliphatic carboxylic acids is 1. The normalized spacial score (nSPS) is 12.5. The summed E-state index contributed by atoms with van der Waals surface area (Å²) in [6.45, 7) is 5.01. The second-order valence-corrected chi connectivity index (χ2v) is 9.59. The van der Waals surface area contributed by atoms with Gasteiger partial charge in [0.05, 0.1) is 20.1 Å². The first kappa shape index (κ1) is 29.7. The molecule has 0 bridgehead atoms. The summed E-state index contributed by atoms with van der Waals surface area (Å²) in [5.74, 6) is -1.08. The Hall–Kier alpha value is -1.30. The Kier molecular flexibility index (Phi) is 18.6. The lowest BCUT2D eigenvalue weighted by atomic mass is 10.0. The number of likely N-dealkylation sites (N-methyl/N-ethyl adjacent to an activating group) is 1. The van der Waals surface area contributed by atoms with Crippen LogP contribution in [0.2, 0.25) is 0 Å². The van der Waals surface area contributed by atoms with Crippen molar-refractivity contribution in [1.29, 1.82) is 0 Å². The molecule has 0 aliphatic heterocycles. The van der Waals surface area contributed by atoms with Crippen molar-refractivity contribution in [3.8, 4) is 0 Å². The summed E-state index contributed by atoms with van der Waals surface area (Å²) in [5, 5.41) is 13.6. The highest BCUT2D eigenvalue weighted by molar-refractivity contribution is 5.67. The number of hydrogen-bond donors (Lipinski definition) is 1. The van der Waals surface area contributed by atoms with Crippen LogP contribution in [-0.2, 0) is 9.53 Å². The lowest BCUT2D eigenvalue weighted by Crippen LogP contribution is -2.52. The molecule has 0 fully saturated rings. The number of ether oxygens (including phenoxy) is 1. The average molecular weight is 443 g/mol. The van der Waals surface area contributed by atoms with Crippen LogP contribution < -0.4 is 10.4 Å². The van der Waals surface area contributed by atoms with E-state index in [9.17, 15) is 14.7 Å². The van der Waals surface area contributed by atoms with Crippen LogP contribution in [0, 0.1) is 0 Å². The van der Waals surface area contributed by atoms with Crippen molar-refractivity contribution in [3.63, 3.8) is 0 Å². The number of nitrogens with zero attached hydrogens (tertiary/aromatic N) is 1. The molecule has 0 saturated heterocycles. The maximum absolute atomic E-state index is 11.8. The fraction of sp³-hybridized carbons (Fsp3) is 0.920. The molecule has 1 N–H and O–H groups in total. The third-order valence-electron chi connectivity index (χ3n) is 5.73. The first-order valence-electron chi connectivity index (χ1n) is 12.8. The quantitative estimate of drug-likeness (QED) is 0.205. The van der Waals surface area contributed by atoms with Crippen molar-refractivity contribution in [2.24, 2.45) is 0 Å². The molecule has 1 unspecified atom stereocenters. The molecular formula is C25H50N2O4. The van der Waals surface area contributed by atoms with Crippen LogP contribution in [-0.4, -0.2) is 56.4 Å². The van der Waals surface area contributed by atoms with Crippen LogP contribution >= 0.6 is 0 Å². The van der Waals surface area contributed by atoms with Crippen LogP contribution in [0.1, 0.15) is 110 Å². The minimum atomic E-state index is -1.08. The van der Waals surface area contributed by atoms with Gasteiger partial charge in [-0.05, 0) is 19.8 Å². The Labute approximate surface area is 191 Å². The Balaban J connectivity index is 3.91. The van der Waals surface area contributed by atoms with Crippen LogP contribution in [0.3, 0.4) is 0 Å². The number of hydrogen-bond acceptors (Lipinski definition) is 4. The zero-order chi connectivity index (χ0) is 23.4. The van der Waals surface area contributed by atoms with Gasteiger partial charge in [-0.2, -0.15) is 0 Å². The molecule has 0 radical (unpaired) electrons. The summed E-state index contributed by atoms with van der Waals surface area (Å²) >= 11 is 0. The lowest BCUT2D eigenvalue weighted by molar-refractivity contribution is -0.887. The monoisotopic (exact) mass is 442 g/mol. The van der Waals surface area contributed by atoms with E-state index in [-0.39, 0.29) is 17.1 Å². The minimum absolute atomic E-state index is 0.0893. The van der Waals surface area contributed by atoms with Crippen LogP contribution in [0.5, 0.6) is 0 Å². The van der Waals surface area contributed by atoms with Gasteiger partial charge in [-0.1, -0.05) is 90.4 Å². The van der Waals surface area contributed by atoms with Crippen molar-refractivity contribution >= 4 is 12.1 Å². The number of nitrogens with one attached hydrogen (secondary N) is 1. The molecule has 0 heterocycles. The maximum Gasteiger partial charge on any atom is 0.407 e. The molecule has 6 heteroatoms. The second kappa shape index (κ2) is 19.4. The van der Waals surface area contributed by atoms with Crippen molar-refractivity contribution in [1.82, 2.24) is 5.32 Å². The summed E-state index contributed by atoms with van der Waals surface area (Å²) < 4.78 is 5.78. The molecule has 0 saturated carbocycles. The molecule has 6 nitrogen and oxygen atoms in total. The van der Waals surface area contributed by atoms with Crippen molar-refractivity contribution in [2.75, 3.05) is 33.7 Å². The van der Waals surface area contributed by atoms with E-state index in [1.165, 1.54) is 77.0 Å². The van der Waals surface area contributed by atoms with E-state index in [2.05, 4.69) is 12.2 Å². The van der Waals surface area contributed by atoms with Crippen molar-refractivity contribution in [3.05, 3.63) is 0 Å². The highest BCUT2D eigenvalue weighted by Crippen LogP contribution is 2.15. The molecule has 0 aromatic heterocycles. The van der Waals surface area contributed by atoms with Crippen LogP contribution in [0.25, 0.3) is 0 Å². The molecule has 1 atom stereocenters. The molecule has 0 aliphatic rings. The maximum atomic E-state index is 11.8. The molecule has 0 rings (SSSR count). The van der Waals surface area contributed by atoms with E-state index in [1.54, 1.807) is 0 Å². The highest BCUT2D eigenvalue weighted by atomic mass is 16.6. The Morgan fingerprint density at radius 1 is 0.806 bits per heavy atom. The smallest absolute Gasteiger partial charge is 0.407 e. The predicted molar refractivity (Wildman–Crippen MR) is 126 cm³/mol. The molecule has 0 aromatic rings. The molecular weight excluding hydrogens is 392 g/mol. The molecule has 0 aromatic carbocycles. The van der Waals surface area contributed by atoms with E-state index >= 15 is 0 Å². The van der Waals surface area contributed by atoms with Crippen molar-refractivity contribution < 1.29 is 23.9 Å². The van der Waals surface area contributed by atoms with Gasteiger partial charge in [-0.15, -0.1) is 0 Å². The largest absolute Gasteiger partial charge is 0.544 e. The van der Waals surface area contributed by atoms with Gasteiger partial charge in [0, 0.05) is 6.54 Å². The molecule has 0 aliphatic carbocycles. The zero-order valence-electron chi connectivity index (χ0n) is 20.9. The number of quaternary nitrogens is 1. The van der Waals surface area contributed by atoms with Gasteiger partial charge < -0.3 is 24.4 Å². The number of carboxylic acids is 1. The molecule has 0 spiro atoms. The fourth-order valence-electron chi connectivity index (χ4n) is 4.06. The number of carbonyl (C=O) groups is 2. The van der Waals surface area contributed by atoms with E-state index in [0.29, 0.717) is 13.1 Å². The number of carboxylic acid groups (broad SMARTS) is 1. The number of alkyl carbamates (subject to hydrolysis) is 1. The fourth-order valence-corrected chi connectivity index (χ4v) is 4.06. The first-order valence-corrected chi connectivity index (χ1v) is 12.8. The molecule has 31 heavy (non-hydrogen) atoms. The third kappa shape index (κ3) is 20.4. The van der Waals surface area contributed by atoms with Gasteiger partial charge >= 0.3 is 6.09 Å². The van der Waals surface area contributed by atoms with Gasteiger partial charge in [0.15, 0.2) is 6.10 Å². The Morgan fingerprint density at radius 2 is 1.26 bits per heavy atom. The number of amides is 1. The third-order valence-corrected chi connectivity index (χ3v) is 5.73. The second-order valence-electron chi connectivity index (χ2n) is 9.59. The lowest BCUT2D eigenvalue weighted by Gasteiger charge is -2.33. The van der Waals surface area contributed by atoms with Gasteiger partial charge in [-0.3, -0.25) is 0 Å². The SMILES string of the molecule is CCCCCCCCCCCCCCCCC(C[N+](C)(C)CC(=O)[O-])OC(=O)NCC. The summed E-state index contributed by atoms with van der Waals surface area (Å²) in [7, 11) is 3.66. The summed E-state index contributed by atoms with van der Waals surface area (Å²) in [5.41, 5.74) is 0. The number of rotatable bonds is 21. The van der Waals surface area contributed by atoms with E-state index in [0.717, 1.165) is 19.3 Å². The standard InChI is InChI=1S/C25H50N2O4/c1-5-7-8-9-10-11-12-13-14-15-16-17-18-19-20-23(31-25(30)26-6-2)21-27(3,4)22-24(28)29/h23H,5-22H2,1-4H3,(H-,26,28,29,30). The van der Waals surface area contributed by atoms with E-state index < -0.39 is 12.1 Å². The minimum Gasteiger partial charge on any atom is -0.544 e. The van der Waals surface area contributed by atoms with Gasteiger partial charge in [0.25, 0.3) is 0 Å². The van der Waals surface area contributed by atoms with Gasteiger partial charge in [-0.25, -0.2) is 4.79 Å².